The molecule has 0 aromatic carbocycles. The summed E-state index contributed by atoms with van der Waals surface area (Å²) in [7, 11) is 0. The maximum atomic E-state index is 10.7. The monoisotopic (exact) mass is 209 g/mol. The zero-order valence-electron chi connectivity index (χ0n) is 8.93. The molecule has 0 aliphatic heterocycles. The summed E-state index contributed by atoms with van der Waals surface area (Å²) in [4.78, 5) is 14.5. The second-order valence-corrected chi connectivity index (χ2v) is 3.27. The summed E-state index contributed by atoms with van der Waals surface area (Å²) >= 11 is 0. The van der Waals surface area contributed by atoms with Crippen LogP contribution in [0, 0.1) is 0 Å². The number of pyridine rings is 1. The predicted molar refractivity (Wildman–Crippen MR) is 56.2 cm³/mol. The first-order valence-corrected chi connectivity index (χ1v) is 5.02. The van der Waals surface area contributed by atoms with Crippen LogP contribution in [0.4, 0.5) is 0 Å². The Kier molecular flexibility index (Phi) is 4.09. The van der Waals surface area contributed by atoms with Crippen molar-refractivity contribution >= 4 is 5.97 Å². The molecule has 1 rings (SSSR count). The lowest BCUT2D eigenvalue weighted by Crippen LogP contribution is -2.14. The van der Waals surface area contributed by atoms with Gasteiger partial charge in [-0.3, -0.25) is 4.98 Å². The summed E-state index contributed by atoms with van der Waals surface area (Å²) in [6.45, 7) is 4.06. The van der Waals surface area contributed by atoms with E-state index in [4.69, 9.17) is 9.84 Å². The predicted octanol–water partition coefficient (Wildman–Crippen LogP) is 2.35. The number of rotatable bonds is 5. The molecular weight excluding hydrogens is 194 g/mol. The van der Waals surface area contributed by atoms with Crippen molar-refractivity contribution in [2.24, 2.45) is 0 Å². The molecule has 0 amide bonds. The highest BCUT2D eigenvalue weighted by atomic mass is 16.5. The molecule has 1 aromatic rings. The van der Waals surface area contributed by atoms with E-state index in [0.717, 1.165) is 12.8 Å². The van der Waals surface area contributed by atoms with E-state index in [-0.39, 0.29) is 11.7 Å². The van der Waals surface area contributed by atoms with Crippen LogP contribution in [0.1, 0.15) is 37.0 Å². The Hall–Kier alpha value is -1.58. The third-order valence-corrected chi connectivity index (χ3v) is 2.17. The first-order chi connectivity index (χ1) is 7.17. The van der Waals surface area contributed by atoms with Gasteiger partial charge in [0, 0.05) is 6.20 Å². The van der Waals surface area contributed by atoms with Gasteiger partial charge in [-0.2, -0.15) is 0 Å². The first kappa shape index (κ1) is 11.5. The van der Waals surface area contributed by atoms with Gasteiger partial charge in [-0.25, -0.2) is 4.79 Å². The third kappa shape index (κ3) is 3.23. The zero-order chi connectivity index (χ0) is 11.3. The second kappa shape index (κ2) is 5.34. The number of carbonyl (C=O) groups is 1. The number of carboxylic acids is 1. The lowest BCUT2D eigenvalue weighted by molar-refractivity contribution is 0.0695. The number of nitrogens with zero attached hydrogens (tertiary/aromatic N) is 1. The first-order valence-electron chi connectivity index (χ1n) is 5.02. The fourth-order valence-corrected chi connectivity index (χ4v) is 1.25. The van der Waals surface area contributed by atoms with Crippen molar-refractivity contribution in [1.29, 1.82) is 0 Å². The van der Waals surface area contributed by atoms with Gasteiger partial charge in [-0.15, -0.1) is 0 Å². The molecule has 0 aliphatic carbocycles. The van der Waals surface area contributed by atoms with Crippen molar-refractivity contribution in [3.05, 3.63) is 24.0 Å². The van der Waals surface area contributed by atoms with Crippen LogP contribution in [0.2, 0.25) is 0 Å². The highest BCUT2D eigenvalue weighted by Gasteiger charge is 2.08. The molecule has 4 heteroatoms. The van der Waals surface area contributed by atoms with Gasteiger partial charge in [0.2, 0.25) is 0 Å². The molecule has 4 nitrogen and oxygen atoms in total. The number of aromatic nitrogens is 1. The van der Waals surface area contributed by atoms with E-state index in [1.54, 1.807) is 0 Å². The largest absolute Gasteiger partial charge is 0.489 e. The summed E-state index contributed by atoms with van der Waals surface area (Å²) in [6.07, 6.45) is 4.75. The fraction of sp³-hybridized carbons (Fsp3) is 0.455. The van der Waals surface area contributed by atoms with Crippen LogP contribution in [-0.4, -0.2) is 22.2 Å². The maximum Gasteiger partial charge on any atom is 0.337 e. The second-order valence-electron chi connectivity index (χ2n) is 3.27. The average Bonchev–Trinajstić information content (AvgIpc) is 2.26. The zero-order valence-corrected chi connectivity index (χ0v) is 8.93. The topological polar surface area (TPSA) is 59.4 Å². The highest BCUT2D eigenvalue weighted by Crippen LogP contribution is 2.15. The van der Waals surface area contributed by atoms with E-state index in [1.165, 1.54) is 18.5 Å². The lowest BCUT2D eigenvalue weighted by atomic mass is 10.2. The molecule has 1 heterocycles. The molecule has 82 valence electrons. The van der Waals surface area contributed by atoms with E-state index < -0.39 is 5.97 Å². The van der Waals surface area contributed by atoms with Gasteiger partial charge >= 0.3 is 5.97 Å². The average molecular weight is 209 g/mol. The van der Waals surface area contributed by atoms with E-state index in [1.807, 2.05) is 13.8 Å². The molecule has 0 fully saturated rings. The highest BCUT2D eigenvalue weighted by molar-refractivity contribution is 5.87. The summed E-state index contributed by atoms with van der Waals surface area (Å²) in [5.41, 5.74) is 0.151. The van der Waals surface area contributed by atoms with Gasteiger partial charge in [0.25, 0.3) is 0 Å². The van der Waals surface area contributed by atoms with Crippen molar-refractivity contribution in [2.75, 3.05) is 0 Å². The molecule has 0 saturated heterocycles. The van der Waals surface area contributed by atoms with Crippen molar-refractivity contribution in [2.45, 2.75) is 32.8 Å². The molecule has 0 spiro atoms. The van der Waals surface area contributed by atoms with E-state index in [0.29, 0.717) is 5.75 Å². The van der Waals surface area contributed by atoms with Crippen LogP contribution in [0.25, 0.3) is 0 Å². The minimum atomic E-state index is -0.988. The van der Waals surface area contributed by atoms with Crippen molar-refractivity contribution < 1.29 is 14.6 Å². The standard InChI is InChI=1S/C11H15NO3/c1-3-9(4-2)15-10-5-8(11(13)14)6-12-7-10/h5-7,9H,3-4H2,1-2H3,(H,13,14). The molecular formula is C11H15NO3. The van der Waals surface area contributed by atoms with Gasteiger partial charge in [0.05, 0.1) is 17.9 Å². The van der Waals surface area contributed by atoms with Crippen LogP contribution < -0.4 is 4.74 Å². The summed E-state index contributed by atoms with van der Waals surface area (Å²) < 4.78 is 5.58. The summed E-state index contributed by atoms with van der Waals surface area (Å²) in [5.74, 6) is -0.471. The van der Waals surface area contributed by atoms with Crippen molar-refractivity contribution in [1.82, 2.24) is 4.98 Å². The van der Waals surface area contributed by atoms with Gasteiger partial charge in [-0.1, -0.05) is 13.8 Å². The lowest BCUT2D eigenvalue weighted by Gasteiger charge is -2.15. The Balaban J connectivity index is 2.77. The Morgan fingerprint density at radius 2 is 2.13 bits per heavy atom. The maximum absolute atomic E-state index is 10.7. The van der Waals surface area contributed by atoms with Crippen LogP contribution in [0.5, 0.6) is 5.75 Å². The van der Waals surface area contributed by atoms with E-state index >= 15 is 0 Å². The Bertz CT molecular complexity index is 334. The normalized spacial score (nSPS) is 10.3. The molecule has 0 saturated carbocycles. The van der Waals surface area contributed by atoms with Crippen LogP contribution in [0.15, 0.2) is 18.5 Å². The number of hydrogen-bond acceptors (Lipinski definition) is 3. The summed E-state index contributed by atoms with van der Waals surface area (Å²) in [6, 6.07) is 1.49. The van der Waals surface area contributed by atoms with Gasteiger partial charge in [0.15, 0.2) is 0 Å². The summed E-state index contributed by atoms with van der Waals surface area (Å²) in [5, 5.41) is 8.76. The quantitative estimate of drug-likeness (QED) is 0.808. The number of aromatic carboxylic acids is 1. The van der Waals surface area contributed by atoms with Crippen molar-refractivity contribution in [3.8, 4) is 5.75 Å². The van der Waals surface area contributed by atoms with Crippen LogP contribution in [0.3, 0.4) is 0 Å². The van der Waals surface area contributed by atoms with Gasteiger partial charge in [-0.05, 0) is 18.9 Å². The molecule has 0 aliphatic rings. The molecule has 0 unspecified atom stereocenters. The molecule has 1 aromatic heterocycles. The molecule has 15 heavy (non-hydrogen) atoms. The van der Waals surface area contributed by atoms with Crippen LogP contribution in [-0.2, 0) is 0 Å². The van der Waals surface area contributed by atoms with Gasteiger partial charge in [0.1, 0.15) is 5.75 Å². The van der Waals surface area contributed by atoms with Crippen molar-refractivity contribution in [3.63, 3.8) is 0 Å². The van der Waals surface area contributed by atoms with E-state index in [9.17, 15) is 4.79 Å². The van der Waals surface area contributed by atoms with Crippen LogP contribution >= 0.6 is 0 Å². The van der Waals surface area contributed by atoms with E-state index in [2.05, 4.69) is 4.98 Å². The minimum Gasteiger partial charge on any atom is -0.489 e. The molecule has 0 atom stereocenters. The minimum absolute atomic E-state index is 0.121. The van der Waals surface area contributed by atoms with Gasteiger partial charge < -0.3 is 9.84 Å². The Morgan fingerprint density at radius 1 is 1.47 bits per heavy atom. The third-order valence-electron chi connectivity index (χ3n) is 2.17. The number of carboxylic acid groups (broad SMARTS) is 1. The smallest absolute Gasteiger partial charge is 0.337 e. The number of hydrogen-bond donors (Lipinski definition) is 1. The molecule has 0 bridgehead atoms. The molecule has 1 N–H and O–H groups in total. The fourth-order valence-electron chi connectivity index (χ4n) is 1.25. The number of ether oxygens (including phenoxy) is 1. The Labute approximate surface area is 88.9 Å². The Morgan fingerprint density at radius 3 is 2.67 bits per heavy atom. The molecule has 0 radical (unpaired) electrons. The SMILES string of the molecule is CCC(CC)Oc1cncc(C(=O)O)c1.